The van der Waals surface area contributed by atoms with Gasteiger partial charge >= 0.3 is 0 Å². The number of carbonyl (C=O) groups is 3. The van der Waals surface area contributed by atoms with Crippen LogP contribution in [0.1, 0.15) is 24.5 Å². The van der Waals surface area contributed by atoms with Gasteiger partial charge in [0.25, 0.3) is 12.4 Å². The highest BCUT2D eigenvalue weighted by Crippen LogP contribution is 2.22. The van der Waals surface area contributed by atoms with Crippen LogP contribution < -0.4 is 21.1 Å². The van der Waals surface area contributed by atoms with Crippen molar-refractivity contribution < 1.29 is 23.9 Å². The molecule has 1 amide bonds. The molecule has 0 heterocycles. The molecule has 0 spiro atoms. The van der Waals surface area contributed by atoms with Gasteiger partial charge in [-0.05, 0) is 61.8 Å². The Labute approximate surface area is 218 Å². The van der Waals surface area contributed by atoms with Crippen LogP contribution in [-0.4, -0.2) is 45.9 Å². The third kappa shape index (κ3) is 13.3. The molecule has 0 saturated heterocycles. The number of ether oxygens (including phenoxy) is 2. The molecule has 9 heteroatoms. The van der Waals surface area contributed by atoms with Crippen molar-refractivity contribution in [1.29, 1.82) is 0 Å². The minimum Gasteiger partial charge on any atom is -0.468 e. The number of nitrogens with two attached hydrogens (primary N) is 1. The summed E-state index contributed by atoms with van der Waals surface area (Å²) in [5.74, 6) is 0.449. The summed E-state index contributed by atoms with van der Waals surface area (Å²) in [6.45, 7) is 12.8. The van der Waals surface area contributed by atoms with Gasteiger partial charge in [0.1, 0.15) is 12.5 Å². The van der Waals surface area contributed by atoms with Gasteiger partial charge in [-0.1, -0.05) is 49.4 Å². The maximum absolute atomic E-state index is 12.0. The number of hydrogen-bond acceptors (Lipinski definition) is 7. The smallest absolute Gasteiger partial charge is 0.293 e. The molecule has 0 aliphatic carbocycles. The normalized spacial score (nSPS) is 10.3. The molecular formula is C27H36ClN3O5. The molecule has 0 aliphatic rings. The van der Waals surface area contributed by atoms with E-state index in [-0.39, 0.29) is 17.4 Å². The molecule has 0 aliphatic heterocycles. The Morgan fingerprint density at radius 3 is 2.39 bits per heavy atom. The van der Waals surface area contributed by atoms with E-state index < -0.39 is 0 Å². The monoisotopic (exact) mass is 517 g/mol. The SMILES string of the molecule is C=C(C(=O)NC)/C(Cc1ccc(Cl)cc1)=C(\N)Oc1cccc(C)c1.C=O.CCNCCCOC=O. The summed E-state index contributed by atoms with van der Waals surface area (Å²) in [6, 6.07) is 14.8. The van der Waals surface area contributed by atoms with Crippen molar-refractivity contribution in [3.63, 3.8) is 0 Å². The second kappa shape index (κ2) is 19.7. The third-order valence-corrected chi connectivity index (χ3v) is 4.86. The summed E-state index contributed by atoms with van der Waals surface area (Å²) in [7, 11) is 1.55. The van der Waals surface area contributed by atoms with Crippen molar-refractivity contribution in [2.75, 3.05) is 26.7 Å². The lowest BCUT2D eigenvalue weighted by Gasteiger charge is -2.15. The first-order chi connectivity index (χ1) is 17.3. The van der Waals surface area contributed by atoms with Crippen LogP contribution in [-0.2, 0) is 25.5 Å². The zero-order valence-electron chi connectivity index (χ0n) is 21.1. The number of nitrogens with one attached hydrogen (secondary N) is 2. The average molecular weight is 518 g/mol. The third-order valence-electron chi connectivity index (χ3n) is 4.61. The zero-order valence-corrected chi connectivity index (χ0v) is 21.9. The fourth-order valence-electron chi connectivity index (χ4n) is 2.81. The van der Waals surface area contributed by atoms with Crippen molar-refractivity contribution in [3.05, 3.63) is 88.3 Å². The summed E-state index contributed by atoms with van der Waals surface area (Å²) >= 11 is 5.93. The minimum atomic E-state index is -0.306. The highest BCUT2D eigenvalue weighted by atomic mass is 35.5. The van der Waals surface area contributed by atoms with Gasteiger partial charge < -0.3 is 30.6 Å². The lowest BCUT2D eigenvalue weighted by atomic mass is 9.99. The molecule has 0 atom stereocenters. The first-order valence-corrected chi connectivity index (χ1v) is 11.6. The van der Waals surface area contributed by atoms with E-state index in [0.717, 1.165) is 30.6 Å². The maximum Gasteiger partial charge on any atom is 0.293 e. The summed E-state index contributed by atoms with van der Waals surface area (Å²) in [5.41, 5.74) is 8.95. The summed E-state index contributed by atoms with van der Waals surface area (Å²) in [4.78, 5) is 29.6. The molecule has 0 fully saturated rings. The molecule has 2 aromatic carbocycles. The van der Waals surface area contributed by atoms with Crippen LogP contribution in [0.3, 0.4) is 0 Å². The number of hydrogen-bond donors (Lipinski definition) is 3. The molecule has 0 radical (unpaired) electrons. The van der Waals surface area contributed by atoms with Crippen molar-refractivity contribution in [2.45, 2.75) is 26.7 Å². The number of aryl methyl sites for hydroxylation is 1. The molecule has 2 rings (SSSR count). The zero-order chi connectivity index (χ0) is 27.3. The first-order valence-electron chi connectivity index (χ1n) is 11.3. The van der Waals surface area contributed by atoms with Gasteiger partial charge in [0.2, 0.25) is 0 Å². The first kappa shape index (κ1) is 32.4. The highest BCUT2D eigenvalue weighted by Gasteiger charge is 2.17. The molecule has 0 bridgehead atoms. The van der Waals surface area contributed by atoms with E-state index in [1.807, 2.05) is 57.0 Å². The van der Waals surface area contributed by atoms with Crippen molar-refractivity contribution in [2.24, 2.45) is 5.73 Å². The predicted octanol–water partition coefficient (Wildman–Crippen LogP) is 3.72. The topological polar surface area (TPSA) is 120 Å². The number of halogens is 1. The van der Waals surface area contributed by atoms with E-state index >= 15 is 0 Å². The Hall–Kier alpha value is -3.62. The van der Waals surface area contributed by atoms with Crippen LogP contribution in [0, 0.1) is 6.92 Å². The van der Waals surface area contributed by atoms with Gasteiger partial charge in [-0.3, -0.25) is 9.59 Å². The standard InChI is InChI=1S/C20H21ClN2O2.C6H13NO2.CH2O/c1-13-5-4-6-17(11-13)25-19(22)18(14(2)20(24)23-3)12-15-7-9-16(21)10-8-15;1-2-7-4-3-5-9-6-8;1-2/h4-11H,2,12,22H2,1,3H3,(H,23,24);6-7H,2-5H2,1H3;1H2/b19-18+;;. The number of rotatable bonds is 12. The molecule has 8 nitrogen and oxygen atoms in total. The van der Waals surface area contributed by atoms with E-state index in [9.17, 15) is 9.59 Å². The Morgan fingerprint density at radius 1 is 1.17 bits per heavy atom. The van der Waals surface area contributed by atoms with Crippen LogP contribution in [0.25, 0.3) is 0 Å². The van der Waals surface area contributed by atoms with E-state index in [0.29, 0.717) is 35.8 Å². The van der Waals surface area contributed by atoms with E-state index in [1.54, 1.807) is 19.2 Å². The largest absolute Gasteiger partial charge is 0.468 e. The van der Waals surface area contributed by atoms with Crippen LogP contribution >= 0.6 is 11.6 Å². The van der Waals surface area contributed by atoms with Crippen molar-refractivity contribution >= 4 is 30.8 Å². The molecule has 196 valence electrons. The number of carbonyl (C=O) groups excluding carboxylic acids is 3. The maximum atomic E-state index is 12.0. The second-order valence-corrected chi connectivity index (χ2v) is 7.73. The summed E-state index contributed by atoms with van der Waals surface area (Å²) in [6.07, 6.45) is 1.30. The van der Waals surface area contributed by atoms with Gasteiger partial charge in [-0.2, -0.15) is 0 Å². The number of benzene rings is 2. The van der Waals surface area contributed by atoms with E-state index in [2.05, 4.69) is 21.9 Å². The molecule has 36 heavy (non-hydrogen) atoms. The van der Waals surface area contributed by atoms with Crippen LogP contribution in [0.5, 0.6) is 5.75 Å². The lowest BCUT2D eigenvalue weighted by Crippen LogP contribution is -2.24. The predicted molar refractivity (Wildman–Crippen MR) is 144 cm³/mol. The fourth-order valence-corrected chi connectivity index (χ4v) is 2.94. The summed E-state index contributed by atoms with van der Waals surface area (Å²) in [5, 5.41) is 6.32. The highest BCUT2D eigenvalue weighted by molar-refractivity contribution is 6.30. The van der Waals surface area contributed by atoms with Gasteiger partial charge in [-0.25, -0.2) is 0 Å². The Balaban J connectivity index is 0.000000941. The Bertz CT molecular complexity index is 978. The Kier molecular flexibility index (Phi) is 17.7. The van der Waals surface area contributed by atoms with Gasteiger partial charge in [0.15, 0.2) is 5.88 Å². The molecule has 4 N–H and O–H groups in total. The lowest BCUT2D eigenvalue weighted by molar-refractivity contribution is -0.128. The molecule has 0 aromatic heterocycles. The average Bonchev–Trinajstić information content (AvgIpc) is 2.89. The van der Waals surface area contributed by atoms with Crippen molar-refractivity contribution in [1.82, 2.24) is 10.6 Å². The van der Waals surface area contributed by atoms with Gasteiger partial charge in [0, 0.05) is 29.6 Å². The number of amides is 1. The summed E-state index contributed by atoms with van der Waals surface area (Å²) < 4.78 is 10.2. The van der Waals surface area contributed by atoms with Gasteiger partial charge in [-0.15, -0.1) is 0 Å². The second-order valence-electron chi connectivity index (χ2n) is 7.30. The molecular weight excluding hydrogens is 482 g/mol. The molecule has 2 aromatic rings. The molecule has 0 saturated carbocycles. The van der Waals surface area contributed by atoms with Crippen LogP contribution in [0.15, 0.2) is 72.1 Å². The minimum absolute atomic E-state index is 0.147. The molecule has 0 unspecified atom stereocenters. The van der Waals surface area contributed by atoms with E-state index in [4.69, 9.17) is 26.9 Å². The van der Waals surface area contributed by atoms with Crippen LogP contribution in [0.2, 0.25) is 5.02 Å². The Morgan fingerprint density at radius 2 is 1.83 bits per heavy atom. The van der Waals surface area contributed by atoms with Crippen LogP contribution in [0.4, 0.5) is 0 Å². The quantitative estimate of drug-likeness (QED) is 0.129. The van der Waals surface area contributed by atoms with E-state index in [1.165, 1.54) is 0 Å². The van der Waals surface area contributed by atoms with Crippen molar-refractivity contribution in [3.8, 4) is 5.75 Å². The number of likely N-dealkylation sites (N-methyl/N-ethyl adjacent to an activating group) is 1. The van der Waals surface area contributed by atoms with Gasteiger partial charge in [0.05, 0.1) is 6.61 Å². The fraction of sp³-hybridized carbons (Fsp3) is 0.296.